The van der Waals surface area contributed by atoms with Crippen LogP contribution in [0, 0.1) is 11.3 Å². The highest BCUT2D eigenvalue weighted by atomic mass is 19.3. The lowest BCUT2D eigenvalue weighted by atomic mass is 9.56. The zero-order chi connectivity index (χ0) is 16.4. The maximum atomic E-state index is 14.7. The topological polar surface area (TPSA) is 58.4 Å². The zero-order valence-corrected chi connectivity index (χ0v) is 12.7. The van der Waals surface area contributed by atoms with E-state index in [1.165, 1.54) is 11.0 Å². The van der Waals surface area contributed by atoms with Crippen molar-refractivity contribution in [1.82, 2.24) is 14.5 Å². The number of aryl methyl sites for hydroxylation is 1. The molecule has 0 aromatic carbocycles. The van der Waals surface area contributed by atoms with Crippen LogP contribution in [0.4, 0.5) is 13.6 Å². The third kappa shape index (κ3) is 2.02. The summed E-state index contributed by atoms with van der Waals surface area (Å²) in [7, 11) is 1.78. The Balaban J connectivity index is 1.52. The molecule has 0 atom stereocenters. The molecule has 1 amide bonds. The third-order valence-electron chi connectivity index (χ3n) is 5.25. The summed E-state index contributed by atoms with van der Waals surface area (Å²) in [5.41, 5.74) is 0.125. The van der Waals surface area contributed by atoms with Crippen molar-refractivity contribution in [2.24, 2.45) is 18.4 Å². The molecule has 7 heteroatoms. The minimum Gasteiger partial charge on any atom is -0.465 e. The number of aromatic nitrogens is 2. The SMILES string of the molecule is Cn1ccc2ccc(C(F)(F)C3CC4(C3)CN(C(=O)O)C4)nc21. The third-order valence-corrected chi connectivity index (χ3v) is 5.25. The lowest BCUT2D eigenvalue weighted by molar-refractivity contribution is -0.180. The number of alkyl halides is 2. The van der Waals surface area contributed by atoms with E-state index in [2.05, 4.69) is 4.98 Å². The van der Waals surface area contributed by atoms with E-state index < -0.39 is 17.9 Å². The molecule has 4 rings (SSSR count). The normalized spacial score (nSPS) is 20.6. The summed E-state index contributed by atoms with van der Waals surface area (Å²) in [5.74, 6) is -3.74. The van der Waals surface area contributed by atoms with E-state index >= 15 is 0 Å². The fourth-order valence-electron chi connectivity index (χ4n) is 3.93. The summed E-state index contributed by atoms with van der Waals surface area (Å²) in [6.07, 6.45) is 1.54. The van der Waals surface area contributed by atoms with E-state index in [9.17, 15) is 13.6 Å². The van der Waals surface area contributed by atoms with E-state index in [0.29, 0.717) is 31.6 Å². The highest BCUT2D eigenvalue weighted by Crippen LogP contribution is 2.59. The van der Waals surface area contributed by atoms with Crippen molar-refractivity contribution in [1.29, 1.82) is 0 Å². The molecule has 1 saturated carbocycles. The molecular weight excluding hydrogens is 304 g/mol. The molecular formula is C16H17F2N3O2. The van der Waals surface area contributed by atoms with Gasteiger partial charge in [0.1, 0.15) is 11.3 Å². The van der Waals surface area contributed by atoms with Crippen LogP contribution in [0.3, 0.4) is 0 Å². The molecule has 2 aromatic heterocycles. The molecule has 2 aromatic rings. The van der Waals surface area contributed by atoms with Crippen LogP contribution >= 0.6 is 0 Å². The molecule has 1 saturated heterocycles. The maximum absolute atomic E-state index is 14.7. The lowest BCUT2D eigenvalue weighted by Crippen LogP contribution is -2.65. The van der Waals surface area contributed by atoms with E-state index in [4.69, 9.17) is 5.11 Å². The molecule has 1 aliphatic carbocycles. The molecule has 5 nitrogen and oxygen atoms in total. The Labute approximate surface area is 131 Å². The van der Waals surface area contributed by atoms with Gasteiger partial charge in [-0.2, -0.15) is 8.78 Å². The Hall–Kier alpha value is -2.18. The van der Waals surface area contributed by atoms with Crippen molar-refractivity contribution in [2.45, 2.75) is 18.8 Å². The average molecular weight is 321 g/mol. The van der Waals surface area contributed by atoms with E-state index in [-0.39, 0.29) is 11.1 Å². The van der Waals surface area contributed by atoms with Crippen molar-refractivity contribution in [3.05, 3.63) is 30.1 Å². The Kier molecular flexibility index (Phi) is 2.77. The Morgan fingerprint density at radius 1 is 1.35 bits per heavy atom. The molecule has 0 unspecified atom stereocenters. The number of carbonyl (C=O) groups is 1. The van der Waals surface area contributed by atoms with Crippen LogP contribution in [-0.2, 0) is 13.0 Å². The highest BCUT2D eigenvalue weighted by Gasteiger charge is 2.61. The standard InChI is InChI=1S/C16H17F2N3O2/c1-20-5-4-10-2-3-12(19-13(10)20)16(17,18)11-6-15(7-11)8-21(9-15)14(22)23/h2-5,11H,6-9H2,1H3,(H,22,23). The first-order chi connectivity index (χ1) is 10.8. The number of fused-ring (bicyclic) bond motifs is 1. The van der Waals surface area contributed by atoms with Gasteiger partial charge in [-0.3, -0.25) is 0 Å². The van der Waals surface area contributed by atoms with Gasteiger partial charge in [0.15, 0.2) is 0 Å². The van der Waals surface area contributed by atoms with Crippen LogP contribution in [0.2, 0.25) is 0 Å². The number of rotatable bonds is 2. The number of hydrogen-bond acceptors (Lipinski definition) is 2. The summed E-state index contributed by atoms with van der Waals surface area (Å²) in [6, 6.07) is 4.92. The number of likely N-dealkylation sites (tertiary alicyclic amines) is 1. The quantitative estimate of drug-likeness (QED) is 0.925. The highest BCUT2D eigenvalue weighted by molar-refractivity contribution is 5.76. The van der Waals surface area contributed by atoms with E-state index in [1.807, 2.05) is 6.07 Å². The summed E-state index contributed by atoms with van der Waals surface area (Å²) >= 11 is 0. The molecule has 1 N–H and O–H groups in total. The Morgan fingerprint density at radius 2 is 2.04 bits per heavy atom. The molecule has 1 spiro atoms. The van der Waals surface area contributed by atoms with Crippen LogP contribution in [-0.4, -0.2) is 38.7 Å². The van der Waals surface area contributed by atoms with Gasteiger partial charge in [-0.1, -0.05) is 0 Å². The van der Waals surface area contributed by atoms with Gasteiger partial charge in [-0.05, 0) is 31.0 Å². The smallest absolute Gasteiger partial charge is 0.407 e. The number of nitrogens with zero attached hydrogens (tertiary/aromatic N) is 3. The molecule has 0 bridgehead atoms. The van der Waals surface area contributed by atoms with Crippen molar-refractivity contribution >= 4 is 17.1 Å². The molecule has 0 radical (unpaired) electrons. The van der Waals surface area contributed by atoms with Crippen molar-refractivity contribution in [3.8, 4) is 0 Å². The summed E-state index contributed by atoms with van der Waals surface area (Å²) in [4.78, 5) is 16.2. The first-order valence-corrected chi connectivity index (χ1v) is 7.59. The number of halogens is 2. The summed E-state index contributed by atoms with van der Waals surface area (Å²) in [6.45, 7) is 0.748. The van der Waals surface area contributed by atoms with Gasteiger partial charge in [0, 0.05) is 43.1 Å². The molecule has 1 aliphatic heterocycles. The van der Waals surface area contributed by atoms with E-state index in [0.717, 1.165) is 5.39 Å². The summed E-state index contributed by atoms with van der Waals surface area (Å²) in [5, 5.41) is 9.70. The molecule has 2 fully saturated rings. The minimum absolute atomic E-state index is 0.193. The van der Waals surface area contributed by atoms with Crippen molar-refractivity contribution < 1.29 is 18.7 Å². The minimum atomic E-state index is -2.98. The number of hydrogen-bond donors (Lipinski definition) is 1. The number of amides is 1. The van der Waals surface area contributed by atoms with Gasteiger partial charge in [0.05, 0.1) is 0 Å². The zero-order valence-electron chi connectivity index (χ0n) is 12.7. The van der Waals surface area contributed by atoms with Gasteiger partial charge in [0.2, 0.25) is 0 Å². The van der Waals surface area contributed by atoms with Crippen molar-refractivity contribution in [3.63, 3.8) is 0 Å². The van der Waals surface area contributed by atoms with Crippen LogP contribution in [0.5, 0.6) is 0 Å². The maximum Gasteiger partial charge on any atom is 0.407 e. The van der Waals surface area contributed by atoms with Crippen molar-refractivity contribution in [2.75, 3.05) is 13.1 Å². The Morgan fingerprint density at radius 3 is 2.70 bits per heavy atom. The predicted octanol–water partition coefficient (Wildman–Crippen LogP) is 3.06. The first-order valence-electron chi connectivity index (χ1n) is 7.59. The first kappa shape index (κ1) is 14.4. The van der Waals surface area contributed by atoms with Crippen LogP contribution in [0.1, 0.15) is 18.5 Å². The predicted molar refractivity (Wildman–Crippen MR) is 79.4 cm³/mol. The monoisotopic (exact) mass is 321 g/mol. The fraction of sp³-hybridized carbons (Fsp3) is 0.500. The van der Waals surface area contributed by atoms with Gasteiger partial charge in [-0.25, -0.2) is 9.78 Å². The van der Waals surface area contributed by atoms with Crippen LogP contribution in [0.15, 0.2) is 24.4 Å². The second-order valence-corrected chi connectivity index (χ2v) is 6.90. The molecule has 2 aliphatic rings. The fourth-order valence-corrected chi connectivity index (χ4v) is 3.93. The van der Waals surface area contributed by atoms with Gasteiger partial charge >= 0.3 is 6.09 Å². The second kappa shape index (κ2) is 4.43. The second-order valence-electron chi connectivity index (χ2n) is 6.90. The molecule has 23 heavy (non-hydrogen) atoms. The Bertz CT molecular complexity index is 788. The van der Waals surface area contributed by atoms with Gasteiger partial charge < -0.3 is 14.6 Å². The largest absolute Gasteiger partial charge is 0.465 e. The lowest BCUT2D eigenvalue weighted by Gasteiger charge is -2.59. The average Bonchev–Trinajstić information content (AvgIpc) is 2.76. The van der Waals surface area contributed by atoms with Crippen LogP contribution < -0.4 is 0 Å². The molecule has 122 valence electrons. The van der Waals surface area contributed by atoms with E-state index in [1.54, 1.807) is 23.9 Å². The van der Waals surface area contributed by atoms with Gasteiger partial charge in [-0.15, -0.1) is 0 Å². The van der Waals surface area contributed by atoms with Crippen LogP contribution in [0.25, 0.3) is 11.0 Å². The number of carboxylic acid groups (broad SMARTS) is 1. The number of pyridine rings is 1. The molecule has 3 heterocycles. The summed E-state index contributed by atoms with van der Waals surface area (Å²) < 4.78 is 31.2. The van der Waals surface area contributed by atoms with Gasteiger partial charge in [0.25, 0.3) is 5.92 Å².